The van der Waals surface area contributed by atoms with Gasteiger partial charge in [0.2, 0.25) is 0 Å². The van der Waals surface area contributed by atoms with Crippen molar-refractivity contribution in [3.8, 4) is 0 Å². The van der Waals surface area contributed by atoms with Crippen LogP contribution in [0.3, 0.4) is 0 Å². The molecule has 0 aromatic heterocycles. The minimum absolute atomic E-state index is 0.0650. The number of aryl methyl sites for hydroxylation is 1. The van der Waals surface area contributed by atoms with Gasteiger partial charge in [0, 0.05) is 17.8 Å². The van der Waals surface area contributed by atoms with Crippen molar-refractivity contribution in [3.05, 3.63) is 46.1 Å². The number of carboxylic acid groups (broad SMARTS) is 1. The summed E-state index contributed by atoms with van der Waals surface area (Å²) in [5, 5.41) is 12.8. The fourth-order valence-electron chi connectivity index (χ4n) is 3.45. The Morgan fingerprint density at radius 2 is 2.03 bits per heavy atom. The van der Waals surface area contributed by atoms with Crippen molar-refractivity contribution in [2.45, 2.75) is 72.3 Å². The van der Waals surface area contributed by atoms with Gasteiger partial charge in [-0.05, 0) is 47.4 Å². The molecule has 0 radical (unpaired) electrons. The molecule has 0 spiro atoms. The van der Waals surface area contributed by atoms with Gasteiger partial charge in [-0.15, -0.1) is 0 Å². The Balaban J connectivity index is 2.34. The summed E-state index contributed by atoms with van der Waals surface area (Å²) in [6.45, 7) is 8.86. The number of benzene rings is 1. The number of carboxylic acids is 1. The molecule has 0 unspecified atom stereocenters. The zero-order valence-electron chi connectivity index (χ0n) is 17.9. The summed E-state index contributed by atoms with van der Waals surface area (Å²) >= 11 is 6.53. The molecule has 6 heteroatoms. The second-order valence-corrected chi connectivity index (χ2v) is 8.98. The normalized spacial score (nSPS) is 17.1. The number of hydrogen-bond acceptors (Lipinski definition) is 2. The van der Waals surface area contributed by atoms with E-state index in [4.69, 9.17) is 16.7 Å². The van der Waals surface area contributed by atoms with Gasteiger partial charge in [-0.25, -0.2) is 4.79 Å². The molecule has 2 N–H and O–H groups in total. The molecule has 160 valence electrons. The molecule has 1 aliphatic heterocycles. The van der Waals surface area contributed by atoms with Crippen molar-refractivity contribution in [1.82, 2.24) is 10.2 Å². The molecule has 29 heavy (non-hydrogen) atoms. The van der Waals surface area contributed by atoms with Crippen LogP contribution in [0.5, 0.6) is 0 Å². The average Bonchev–Trinajstić information content (AvgIpc) is 2.66. The first-order valence-electron chi connectivity index (χ1n) is 10.4. The highest BCUT2D eigenvalue weighted by atomic mass is 35.5. The largest absolute Gasteiger partial charge is 0.481 e. The van der Waals surface area contributed by atoms with Gasteiger partial charge in [-0.2, -0.15) is 0 Å². The molecule has 1 atom stereocenters. The molecule has 1 aliphatic rings. The highest BCUT2D eigenvalue weighted by Gasteiger charge is 2.31. The monoisotopic (exact) mass is 420 g/mol. The maximum atomic E-state index is 12.6. The Morgan fingerprint density at radius 1 is 1.31 bits per heavy atom. The highest BCUT2D eigenvalue weighted by Crippen LogP contribution is 2.38. The van der Waals surface area contributed by atoms with E-state index in [1.54, 1.807) is 0 Å². The molecule has 0 bridgehead atoms. The van der Waals surface area contributed by atoms with Crippen LogP contribution < -0.4 is 5.32 Å². The first kappa shape index (κ1) is 23.3. The predicted octanol–water partition coefficient (Wildman–Crippen LogP) is 5.93. The van der Waals surface area contributed by atoms with Gasteiger partial charge in [0.1, 0.15) is 0 Å². The minimum atomic E-state index is -0.918. The van der Waals surface area contributed by atoms with Crippen LogP contribution in [-0.2, 0) is 11.2 Å². The van der Waals surface area contributed by atoms with Gasteiger partial charge >= 0.3 is 12.0 Å². The highest BCUT2D eigenvalue weighted by molar-refractivity contribution is 6.31. The number of halogens is 1. The first-order valence-corrected chi connectivity index (χ1v) is 10.8. The summed E-state index contributed by atoms with van der Waals surface area (Å²) in [4.78, 5) is 25.0. The van der Waals surface area contributed by atoms with Crippen molar-refractivity contribution >= 4 is 23.6 Å². The second kappa shape index (κ2) is 10.1. The summed E-state index contributed by atoms with van der Waals surface area (Å²) < 4.78 is 0. The van der Waals surface area contributed by atoms with Gasteiger partial charge in [0.15, 0.2) is 0 Å². The van der Waals surface area contributed by atoms with E-state index in [1.807, 2.05) is 18.3 Å². The summed E-state index contributed by atoms with van der Waals surface area (Å²) in [6, 6.07) is 5.52. The Kier molecular flexibility index (Phi) is 8.14. The van der Waals surface area contributed by atoms with Crippen LogP contribution in [0.25, 0.3) is 0 Å². The number of amides is 2. The lowest BCUT2D eigenvalue weighted by molar-refractivity contribution is -0.137. The van der Waals surface area contributed by atoms with E-state index in [-0.39, 0.29) is 30.5 Å². The second-order valence-electron chi connectivity index (χ2n) is 8.57. The van der Waals surface area contributed by atoms with Gasteiger partial charge in [-0.3, -0.25) is 4.79 Å². The maximum absolute atomic E-state index is 12.6. The fourth-order valence-corrected chi connectivity index (χ4v) is 3.73. The predicted molar refractivity (Wildman–Crippen MR) is 117 cm³/mol. The van der Waals surface area contributed by atoms with Gasteiger partial charge in [-0.1, -0.05) is 64.3 Å². The summed E-state index contributed by atoms with van der Waals surface area (Å²) in [6.07, 6.45) is 6.69. The van der Waals surface area contributed by atoms with Crippen LogP contribution >= 0.6 is 11.6 Å². The number of urea groups is 1. The van der Waals surface area contributed by atoms with E-state index < -0.39 is 5.97 Å². The van der Waals surface area contributed by atoms with Gasteiger partial charge < -0.3 is 15.3 Å². The van der Waals surface area contributed by atoms with E-state index in [9.17, 15) is 9.59 Å². The van der Waals surface area contributed by atoms with E-state index in [2.05, 4.69) is 39.1 Å². The fraction of sp³-hybridized carbons (Fsp3) is 0.565. The molecule has 0 saturated carbocycles. The first-order chi connectivity index (χ1) is 13.7. The Hall–Kier alpha value is -2.01. The zero-order valence-corrected chi connectivity index (χ0v) is 18.7. The molecule has 0 aliphatic carbocycles. The molecule has 1 aromatic rings. The smallest absolute Gasteiger partial charge is 0.322 e. The SMILES string of the molecule is CCCCc1ccc([C@H]2NC(=O)N(CCC(=O)O)C=C2CC(C)(C)CC)cc1Cl. The molecule has 5 nitrogen and oxygen atoms in total. The lowest BCUT2D eigenvalue weighted by Crippen LogP contribution is -2.45. The molecule has 0 saturated heterocycles. The number of nitrogens with one attached hydrogen (secondary N) is 1. The van der Waals surface area contributed by atoms with Crippen molar-refractivity contribution < 1.29 is 14.7 Å². The van der Waals surface area contributed by atoms with E-state index in [0.717, 1.165) is 53.8 Å². The quantitative estimate of drug-likeness (QED) is 0.492. The Morgan fingerprint density at radius 3 is 2.62 bits per heavy atom. The number of unbranched alkanes of at least 4 members (excludes halogenated alkanes) is 1. The number of hydrogen-bond donors (Lipinski definition) is 2. The average molecular weight is 421 g/mol. The number of nitrogens with zero attached hydrogens (tertiary/aromatic N) is 1. The van der Waals surface area contributed by atoms with E-state index >= 15 is 0 Å². The van der Waals surface area contributed by atoms with E-state index in [0.29, 0.717) is 0 Å². The van der Waals surface area contributed by atoms with Crippen LogP contribution in [0.4, 0.5) is 4.79 Å². The van der Waals surface area contributed by atoms with E-state index in [1.165, 1.54) is 4.90 Å². The molecule has 2 rings (SSSR count). The van der Waals surface area contributed by atoms with Crippen LogP contribution in [0.2, 0.25) is 5.02 Å². The molecule has 1 heterocycles. The molecule has 0 fully saturated rings. The minimum Gasteiger partial charge on any atom is -0.481 e. The Bertz CT molecular complexity index is 773. The molecule has 2 amide bonds. The van der Waals surface area contributed by atoms with Crippen LogP contribution in [0.1, 0.15) is 77.0 Å². The lowest BCUT2D eigenvalue weighted by Gasteiger charge is -2.36. The zero-order chi connectivity index (χ0) is 21.6. The lowest BCUT2D eigenvalue weighted by atomic mass is 9.79. The number of carbonyl (C=O) groups excluding carboxylic acids is 1. The van der Waals surface area contributed by atoms with Crippen LogP contribution in [-0.4, -0.2) is 28.6 Å². The van der Waals surface area contributed by atoms with Crippen LogP contribution in [0.15, 0.2) is 30.0 Å². The topological polar surface area (TPSA) is 69.6 Å². The van der Waals surface area contributed by atoms with Crippen molar-refractivity contribution in [1.29, 1.82) is 0 Å². The summed E-state index contributed by atoms with van der Waals surface area (Å²) in [7, 11) is 0. The summed E-state index contributed by atoms with van der Waals surface area (Å²) in [5.74, 6) is -0.918. The van der Waals surface area contributed by atoms with Gasteiger partial charge in [0.05, 0.1) is 12.5 Å². The molecule has 1 aromatic carbocycles. The number of rotatable bonds is 10. The molecular weight excluding hydrogens is 388 g/mol. The Labute approximate surface area is 179 Å². The van der Waals surface area contributed by atoms with Crippen LogP contribution in [0, 0.1) is 5.41 Å². The molecular formula is C23H33ClN2O3. The van der Waals surface area contributed by atoms with Crippen molar-refractivity contribution in [2.75, 3.05) is 6.54 Å². The number of carbonyl (C=O) groups is 2. The third-order valence-electron chi connectivity index (χ3n) is 5.64. The van der Waals surface area contributed by atoms with Crippen molar-refractivity contribution in [3.63, 3.8) is 0 Å². The summed E-state index contributed by atoms with van der Waals surface area (Å²) in [5.41, 5.74) is 3.22. The standard InChI is InChI=1S/C23H33ClN2O3/c1-5-7-8-16-9-10-17(13-19(16)24)21-18(14-23(3,4)6-2)15-26(22(29)25-21)12-11-20(27)28/h9-10,13,15,21H,5-8,11-12,14H2,1-4H3,(H,25,29)(H,27,28)/t21-/m1/s1. The van der Waals surface area contributed by atoms with Gasteiger partial charge in [0.25, 0.3) is 0 Å². The third-order valence-corrected chi connectivity index (χ3v) is 5.99. The third kappa shape index (κ3) is 6.49. The maximum Gasteiger partial charge on any atom is 0.322 e. The number of aliphatic carboxylic acids is 1. The van der Waals surface area contributed by atoms with Crippen molar-refractivity contribution in [2.24, 2.45) is 5.41 Å².